The summed E-state index contributed by atoms with van der Waals surface area (Å²) in [4.78, 5) is 0. The molecule has 6 saturated carbocycles. The lowest BCUT2D eigenvalue weighted by Gasteiger charge is -2.54. The van der Waals surface area contributed by atoms with Crippen LogP contribution in [0, 0.1) is 112 Å². The summed E-state index contributed by atoms with van der Waals surface area (Å²) in [6, 6.07) is 0. The Bertz CT molecular complexity index is 1080. The highest BCUT2D eigenvalue weighted by atomic mass is 16.3. The first kappa shape index (κ1) is 46.3. The maximum atomic E-state index is 12.4. The van der Waals surface area contributed by atoms with Gasteiger partial charge in [-0.25, -0.2) is 0 Å². The molecule has 0 heterocycles. The van der Waals surface area contributed by atoms with Crippen LogP contribution in [-0.2, 0) is 0 Å². The second kappa shape index (κ2) is 19.0. The summed E-state index contributed by atoms with van der Waals surface area (Å²) in [5.74, 6) is 7.27. The molecule has 6 fully saturated rings. The predicted molar refractivity (Wildman–Crippen MR) is 232 cm³/mol. The SMILES string of the molecule is CC1CC(CC2CC(C(C)(C)C3CC(CC4CC(C)C(O)CC4C)C(O)C(CC4CC(C)C(O)CC4C)C3)CC(CC3CC(C)C(O)CC3C)C2O)C(C)CC1O. The third-order valence-corrected chi connectivity index (χ3v) is 19.8. The molecule has 0 radical (unpaired) electrons. The van der Waals surface area contributed by atoms with Crippen LogP contribution in [0.3, 0.4) is 0 Å². The Morgan fingerprint density at radius 3 is 0.719 bits per heavy atom. The summed E-state index contributed by atoms with van der Waals surface area (Å²) in [6.45, 7) is 23.4. The van der Waals surface area contributed by atoms with Gasteiger partial charge in [0.15, 0.2) is 0 Å². The van der Waals surface area contributed by atoms with Gasteiger partial charge in [-0.3, -0.25) is 0 Å². The minimum Gasteiger partial charge on any atom is -0.393 e. The van der Waals surface area contributed by atoms with Crippen molar-refractivity contribution in [1.82, 2.24) is 0 Å². The first-order valence-electron chi connectivity index (χ1n) is 24.8. The van der Waals surface area contributed by atoms with Gasteiger partial charge in [0.05, 0.1) is 36.6 Å². The Morgan fingerprint density at radius 2 is 0.509 bits per heavy atom. The quantitative estimate of drug-likeness (QED) is 0.131. The Kier molecular flexibility index (Phi) is 15.4. The minimum absolute atomic E-state index is 0.0555. The summed E-state index contributed by atoms with van der Waals surface area (Å²) < 4.78 is 0. The monoisotopic (exact) mass is 801 g/mol. The fraction of sp³-hybridized carbons (Fsp3) is 1.00. The topological polar surface area (TPSA) is 121 Å². The van der Waals surface area contributed by atoms with Crippen molar-refractivity contribution in [1.29, 1.82) is 0 Å². The van der Waals surface area contributed by atoms with Gasteiger partial charge in [0.2, 0.25) is 0 Å². The zero-order valence-corrected chi connectivity index (χ0v) is 38.4. The van der Waals surface area contributed by atoms with Crippen LogP contribution in [-0.4, -0.2) is 67.3 Å². The van der Waals surface area contributed by atoms with E-state index >= 15 is 0 Å². The van der Waals surface area contributed by atoms with Gasteiger partial charge in [0.25, 0.3) is 0 Å². The van der Waals surface area contributed by atoms with E-state index in [1.807, 2.05) is 0 Å². The fourth-order valence-electron chi connectivity index (χ4n) is 15.0. The van der Waals surface area contributed by atoms with Gasteiger partial charge in [-0.1, -0.05) is 69.2 Å². The maximum Gasteiger partial charge on any atom is 0.0596 e. The van der Waals surface area contributed by atoms with E-state index in [9.17, 15) is 30.6 Å². The molecule has 0 aromatic rings. The molecule has 20 atom stereocenters. The Labute approximate surface area is 350 Å². The molecule has 0 amide bonds. The van der Waals surface area contributed by atoms with Crippen molar-refractivity contribution in [3.8, 4) is 0 Å². The van der Waals surface area contributed by atoms with Crippen LogP contribution in [0.25, 0.3) is 0 Å². The van der Waals surface area contributed by atoms with Gasteiger partial charge in [0.1, 0.15) is 0 Å². The molecule has 0 bridgehead atoms. The molecular weight excluding hydrogens is 709 g/mol. The summed E-state index contributed by atoms with van der Waals surface area (Å²) in [5.41, 5.74) is 0.0555. The van der Waals surface area contributed by atoms with Crippen LogP contribution in [0.15, 0.2) is 0 Å². The Balaban J connectivity index is 1.27. The highest BCUT2D eigenvalue weighted by molar-refractivity contribution is 5.01. The molecule has 6 heteroatoms. The van der Waals surface area contributed by atoms with Crippen molar-refractivity contribution in [2.45, 2.75) is 209 Å². The molecule has 6 rings (SSSR count). The van der Waals surface area contributed by atoms with E-state index in [2.05, 4.69) is 69.2 Å². The molecule has 0 aromatic heterocycles. The molecule has 20 unspecified atom stereocenters. The van der Waals surface area contributed by atoms with Crippen molar-refractivity contribution in [3.63, 3.8) is 0 Å². The van der Waals surface area contributed by atoms with E-state index in [-0.39, 0.29) is 65.7 Å². The summed E-state index contributed by atoms with van der Waals surface area (Å²) in [6.07, 6.45) is 14.7. The number of aliphatic hydroxyl groups is 6. The van der Waals surface area contributed by atoms with Crippen molar-refractivity contribution in [2.75, 3.05) is 0 Å². The largest absolute Gasteiger partial charge is 0.393 e. The first-order valence-corrected chi connectivity index (χ1v) is 24.8. The molecule has 0 spiro atoms. The molecule has 6 N–H and O–H groups in total. The molecule has 0 saturated heterocycles. The van der Waals surface area contributed by atoms with E-state index in [0.29, 0.717) is 82.9 Å². The number of rotatable bonds is 10. The van der Waals surface area contributed by atoms with Gasteiger partial charge in [-0.2, -0.15) is 0 Å². The summed E-state index contributed by atoms with van der Waals surface area (Å²) in [7, 11) is 0. The van der Waals surface area contributed by atoms with Crippen LogP contribution in [0.2, 0.25) is 0 Å². The first-order chi connectivity index (χ1) is 26.7. The van der Waals surface area contributed by atoms with Crippen LogP contribution >= 0.6 is 0 Å². The average Bonchev–Trinajstić information content (AvgIpc) is 3.13. The lowest BCUT2D eigenvalue weighted by atomic mass is 9.52. The van der Waals surface area contributed by atoms with Crippen LogP contribution < -0.4 is 0 Å². The Morgan fingerprint density at radius 1 is 0.298 bits per heavy atom. The van der Waals surface area contributed by atoms with Crippen molar-refractivity contribution in [3.05, 3.63) is 0 Å². The predicted octanol–water partition coefficient (Wildman–Crippen LogP) is 9.75. The molecule has 0 aliphatic heterocycles. The number of hydrogen-bond donors (Lipinski definition) is 6. The molecule has 0 aromatic carbocycles. The summed E-state index contributed by atoms with van der Waals surface area (Å²) >= 11 is 0. The third kappa shape index (κ3) is 10.5. The van der Waals surface area contributed by atoms with Crippen molar-refractivity contribution in [2.24, 2.45) is 112 Å². The van der Waals surface area contributed by atoms with Crippen LogP contribution in [0.4, 0.5) is 0 Å². The second-order valence-electron chi connectivity index (χ2n) is 24.1. The van der Waals surface area contributed by atoms with E-state index in [1.54, 1.807) is 0 Å². The van der Waals surface area contributed by atoms with Crippen LogP contribution in [0.1, 0.15) is 172 Å². The lowest BCUT2D eigenvalue weighted by molar-refractivity contribution is -0.102. The highest BCUT2D eigenvalue weighted by Crippen LogP contribution is 2.57. The number of hydrogen-bond acceptors (Lipinski definition) is 6. The fourth-order valence-corrected chi connectivity index (χ4v) is 15.0. The van der Waals surface area contributed by atoms with Gasteiger partial charge in [-0.15, -0.1) is 0 Å². The molecule has 6 aliphatic rings. The smallest absolute Gasteiger partial charge is 0.0596 e. The zero-order valence-electron chi connectivity index (χ0n) is 38.4. The van der Waals surface area contributed by atoms with Crippen molar-refractivity contribution >= 4 is 0 Å². The lowest BCUT2D eigenvalue weighted by Crippen LogP contribution is -2.50. The third-order valence-electron chi connectivity index (χ3n) is 19.8. The van der Waals surface area contributed by atoms with Gasteiger partial charge in [0, 0.05) is 0 Å². The van der Waals surface area contributed by atoms with E-state index in [0.717, 1.165) is 103 Å². The highest BCUT2D eigenvalue weighted by Gasteiger charge is 2.51. The molecular formula is C51H92O6. The molecule has 57 heavy (non-hydrogen) atoms. The number of aliphatic hydroxyl groups excluding tert-OH is 6. The molecule has 332 valence electrons. The maximum absolute atomic E-state index is 12.4. The summed E-state index contributed by atoms with van der Waals surface area (Å²) in [5, 5.41) is 67.9. The van der Waals surface area contributed by atoms with Gasteiger partial charge in [-0.05, 0) is 215 Å². The molecule has 6 nitrogen and oxygen atoms in total. The van der Waals surface area contributed by atoms with Gasteiger partial charge >= 0.3 is 0 Å². The van der Waals surface area contributed by atoms with Crippen molar-refractivity contribution < 1.29 is 30.6 Å². The van der Waals surface area contributed by atoms with E-state index in [4.69, 9.17) is 0 Å². The van der Waals surface area contributed by atoms with Crippen LogP contribution in [0.5, 0.6) is 0 Å². The molecule has 6 aliphatic carbocycles. The second-order valence-corrected chi connectivity index (χ2v) is 24.1. The normalized spacial score (nSPS) is 53.1. The minimum atomic E-state index is -0.301. The Hall–Kier alpha value is -0.240. The average molecular weight is 801 g/mol. The standard InChI is InChI=1S/C51H92O6/c1-27-15-45(52)31(5)11-35(27)19-39-23-43(24-40(49(39)56)20-36-12-32(6)46(53)16-28(36)2)51(9,10)44-25-41(21-37-13-33(7)47(54)17-29(37)3)50(57)42(26-44)22-38-14-34(8)48(55)18-30(38)4/h27-50,52-57H,11-26H2,1-10H3. The van der Waals surface area contributed by atoms with E-state index in [1.165, 1.54) is 0 Å². The van der Waals surface area contributed by atoms with E-state index < -0.39 is 0 Å². The zero-order chi connectivity index (χ0) is 41.7. The van der Waals surface area contributed by atoms with Gasteiger partial charge < -0.3 is 30.6 Å².